The summed E-state index contributed by atoms with van der Waals surface area (Å²) in [5.74, 6) is 0.593. The molecule has 5 heteroatoms. The average Bonchev–Trinajstić information content (AvgIpc) is 2.58. The van der Waals surface area contributed by atoms with Crippen LogP contribution in [0.15, 0.2) is 23.8 Å². The van der Waals surface area contributed by atoms with E-state index in [0.29, 0.717) is 29.9 Å². The molecule has 1 atom stereocenters. The SMILES string of the molecule is COC(=O)C1(C)CCC/C(=C/c2ccc(OC)c(OC)c2)C1=O. The summed E-state index contributed by atoms with van der Waals surface area (Å²) in [7, 11) is 4.45. The van der Waals surface area contributed by atoms with Crippen LogP contribution < -0.4 is 9.47 Å². The third-order valence-electron chi connectivity index (χ3n) is 4.30. The Morgan fingerprint density at radius 2 is 1.87 bits per heavy atom. The number of hydrogen-bond donors (Lipinski definition) is 0. The molecule has 23 heavy (non-hydrogen) atoms. The number of rotatable bonds is 4. The minimum atomic E-state index is -1.09. The molecular formula is C18H22O5. The Balaban J connectivity index is 2.35. The summed E-state index contributed by atoms with van der Waals surface area (Å²) >= 11 is 0. The van der Waals surface area contributed by atoms with Crippen LogP contribution in [-0.4, -0.2) is 33.1 Å². The first-order chi connectivity index (χ1) is 11.0. The lowest BCUT2D eigenvalue weighted by Gasteiger charge is -2.30. The zero-order valence-corrected chi connectivity index (χ0v) is 14.0. The number of esters is 1. The van der Waals surface area contributed by atoms with Crippen molar-refractivity contribution in [3.8, 4) is 11.5 Å². The third kappa shape index (κ3) is 3.23. The van der Waals surface area contributed by atoms with Crippen LogP contribution in [0.2, 0.25) is 0 Å². The van der Waals surface area contributed by atoms with E-state index in [-0.39, 0.29) is 5.78 Å². The second-order valence-corrected chi connectivity index (χ2v) is 5.79. The van der Waals surface area contributed by atoms with Crippen molar-refractivity contribution in [3.05, 3.63) is 29.3 Å². The van der Waals surface area contributed by atoms with Crippen LogP contribution in [0.5, 0.6) is 11.5 Å². The van der Waals surface area contributed by atoms with Crippen molar-refractivity contribution in [3.63, 3.8) is 0 Å². The number of hydrogen-bond acceptors (Lipinski definition) is 5. The van der Waals surface area contributed by atoms with Gasteiger partial charge in [0.15, 0.2) is 17.3 Å². The van der Waals surface area contributed by atoms with Crippen LogP contribution in [0.1, 0.15) is 31.7 Å². The van der Waals surface area contributed by atoms with Gasteiger partial charge in [-0.1, -0.05) is 6.07 Å². The standard InChI is InChI=1S/C18H22O5/c1-18(17(20)23-4)9-5-6-13(16(18)19)10-12-7-8-14(21-2)15(11-12)22-3/h7-8,10-11H,5-6,9H2,1-4H3/b13-10-. The molecule has 0 spiro atoms. The summed E-state index contributed by atoms with van der Waals surface area (Å²) in [6, 6.07) is 5.45. The van der Waals surface area contributed by atoms with Gasteiger partial charge in [-0.2, -0.15) is 0 Å². The lowest BCUT2D eigenvalue weighted by Crippen LogP contribution is -2.40. The number of ether oxygens (including phenoxy) is 3. The molecule has 0 amide bonds. The fourth-order valence-corrected chi connectivity index (χ4v) is 2.92. The van der Waals surface area contributed by atoms with Crippen LogP contribution >= 0.6 is 0 Å². The highest BCUT2D eigenvalue weighted by Crippen LogP contribution is 2.38. The molecule has 1 unspecified atom stereocenters. The van der Waals surface area contributed by atoms with Crippen molar-refractivity contribution in [1.82, 2.24) is 0 Å². The quantitative estimate of drug-likeness (QED) is 0.485. The molecule has 1 aliphatic carbocycles. The molecule has 0 aromatic heterocycles. The zero-order valence-electron chi connectivity index (χ0n) is 14.0. The van der Waals surface area contributed by atoms with E-state index in [2.05, 4.69) is 0 Å². The van der Waals surface area contributed by atoms with Crippen molar-refractivity contribution in [2.45, 2.75) is 26.2 Å². The van der Waals surface area contributed by atoms with Crippen LogP contribution in [0.25, 0.3) is 6.08 Å². The lowest BCUT2D eigenvalue weighted by atomic mass is 9.72. The molecule has 1 aromatic rings. The van der Waals surface area contributed by atoms with Crippen molar-refractivity contribution in [1.29, 1.82) is 0 Å². The number of allylic oxidation sites excluding steroid dienone is 1. The normalized spacial score (nSPS) is 22.8. The minimum absolute atomic E-state index is 0.162. The van der Waals surface area contributed by atoms with Gasteiger partial charge in [0.1, 0.15) is 5.41 Å². The van der Waals surface area contributed by atoms with E-state index in [1.807, 2.05) is 18.2 Å². The molecule has 0 N–H and O–H groups in total. The van der Waals surface area contributed by atoms with Gasteiger partial charge in [-0.25, -0.2) is 0 Å². The number of benzene rings is 1. The summed E-state index contributed by atoms with van der Waals surface area (Å²) in [4.78, 5) is 24.7. The predicted molar refractivity (Wildman–Crippen MR) is 86.5 cm³/mol. The van der Waals surface area contributed by atoms with E-state index >= 15 is 0 Å². The van der Waals surface area contributed by atoms with E-state index in [1.165, 1.54) is 7.11 Å². The number of methoxy groups -OCH3 is 3. The molecule has 0 radical (unpaired) electrons. The van der Waals surface area contributed by atoms with Gasteiger partial charge < -0.3 is 14.2 Å². The van der Waals surface area contributed by atoms with Gasteiger partial charge in [0.05, 0.1) is 21.3 Å². The number of ketones is 1. The molecule has 2 rings (SSSR count). The molecular weight excluding hydrogens is 296 g/mol. The van der Waals surface area contributed by atoms with Crippen molar-refractivity contribution < 1.29 is 23.8 Å². The molecule has 5 nitrogen and oxygen atoms in total. The third-order valence-corrected chi connectivity index (χ3v) is 4.30. The number of carbonyl (C=O) groups is 2. The largest absolute Gasteiger partial charge is 0.493 e. The summed E-state index contributed by atoms with van der Waals surface area (Å²) in [6.07, 6.45) is 3.75. The lowest BCUT2D eigenvalue weighted by molar-refractivity contribution is -0.157. The molecule has 0 aliphatic heterocycles. The molecule has 124 valence electrons. The molecule has 0 heterocycles. The van der Waals surface area contributed by atoms with Gasteiger partial charge in [0.2, 0.25) is 0 Å². The maximum atomic E-state index is 12.7. The van der Waals surface area contributed by atoms with Crippen LogP contribution in [0.4, 0.5) is 0 Å². The van der Waals surface area contributed by atoms with Gasteiger partial charge in [-0.05, 0) is 55.5 Å². The molecule has 1 fully saturated rings. The molecule has 0 saturated heterocycles. The highest BCUT2D eigenvalue weighted by atomic mass is 16.5. The highest BCUT2D eigenvalue weighted by molar-refractivity contribution is 6.14. The summed E-state index contributed by atoms with van der Waals surface area (Å²) in [6.45, 7) is 1.66. The fraction of sp³-hybridized carbons (Fsp3) is 0.444. The van der Waals surface area contributed by atoms with E-state index in [1.54, 1.807) is 27.2 Å². The summed E-state index contributed by atoms with van der Waals surface area (Å²) in [5.41, 5.74) is 0.381. The minimum Gasteiger partial charge on any atom is -0.493 e. The Bertz CT molecular complexity index is 647. The first kappa shape index (κ1) is 17.1. The second-order valence-electron chi connectivity index (χ2n) is 5.79. The topological polar surface area (TPSA) is 61.8 Å². The number of carbonyl (C=O) groups excluding carboxylic acids is 2. The van der Waals surface area contributed by atoms with Gasteiger partial charge in [0.25, 0.3) is 0 Å². The molecule has 1 aromatic carbocycles. The Hall–Kier alpha value is -2.30. The fourth-order valence-electron chi connectivity index (χ4n) is 2.92. The maximum absolute atomic E-state index is 12.7. The predicted octanol–water partition coefficient (Wildman–Crippen LogP) is 3.02. The van der Waals surface area contributed by atoms with Crippen molar-refractivity contribution in [2.75, 3.05) is 21.3 Å². The van der Waals surface area contributed by atoms with Crippen LogP contribution in [0, 0.1) is 5.41 Å². The van der Waals surface area contributed by atoms with E-state index < -0.39 is 11.4 Å². The smallest absolute Gasteiger partial charge is 0.319 e. The average molecular weight is 318 g/mol. The van der Waals surface area contributed by atoms with Gasteiger partial charge in [-0.3, -0.25) is 9.59 Å². The second kappa shape index (κ2) is 6.86. The van der Waals surface area contributed by atoms with Gasteiger partial charge in [-0.15, -0.1) is 0 Å². The van der Waals surface area contributed by atoms with E-state index in [9.17, 15) is 9.59 Å². The summed E-state index contributed by atoms with van der Waals surface area (Å²) < 4.78 is 15.3. The van der Waals surface area contributed by atoms with Crippen LogP contribution in [0.3, 0.4) is 0 Å². The Morgan fingerprint density at radius 1 is 1.17 bits per heavy atom. The van der Waals surface area contributed by atoms with Crippen LogP contribution in [-0.2, 0) is 14.3 Å². The Labute approximate surface area is 136 Å². The van der Waals surface area contributed by atoms with E-state index in [0.717, 1.165) is 12.0 Å². The number of Topliss-reactive ketones (excluding diaryl/α,β-unsaturated/α-hetero) is 1. The van der Waals surface area contributed by atoms with Crippen molar-refractivity contribution >= 4 is 17.8 Å². The zero-order chi connectivity index (χ0) is 17.0. The van der Waals surface area contributed by atoms with Gasteiger partial charge in [0, 0.05) is 0 Å². The summed E-state index contributed by atoms with van der Waals surface area (Å²) in [5, 5.41) is 0. The molecule has 1 saturated carbocycles. The van der Waals surface area contributed by atoms with Gasteiger partial charge >= 0.3 is 5.97 Å². The monoisotopic (exact) mass is 318 g/mol. The molecule has 0 bridgehead atoms. The first-order valence-corrected chi connectivity index (χ1v) is 7.52. The molecule has 1 aliphatic rings. The maximum Gasteiger partial charge on any atom is 0.319 e. The Kier molecular flexibility index (Phi) is 5.08. The highest BCUT2D eigenvalue weighted by Gasteiger charge is 2.45. The van der Waals surface area contributed by atoms with Crippen molar-refractivity contribution in [2.24, 2.45) is 5.41 Å². The first-order valence-electron chi connectivity index (χ1n) is 7.52. The Morgan fingerprint density at radius 3 is 2.48 bits per heavy atom. The van der Waals surface area contributed by atoms with E-state index in [4.69, 9.17) is 14.2 Å².